The zero-order chi connectivity index (χ0) is 22.0. The van der Waals surface area contributed by atoms with Gasteiger partial charge in [-0.15, -0.1) is 0 Å². The lowest BCUT2D eigenvalue weighted by Crippen LogP contribution is -2.55. The van der Waals surface area contributed by atoms with Crippen molar-refractivity contribution in [3.8, 4) is 5.75 Å². The minimum absolute atomic E-state index is 0.113. The third-order valence-electron chi connectivity index (χ3n) is 4.54. The number of hydrogen-bond acceptors (Lipinski definition) is 6. The summed E-state index contributed by atoms with van der Waals surface area (Å²) in [6.45, 7) is 3.83. The highest BCUT2D eigenvalue weighted by atomic mass is 16.4. The molecule has 162 valence electrons. The lowest BCUT2D eigenvalue weighted by Gasteiger charge is -2.24. The molecule has 2 amide bonds. The normalized spacial score (nSPS) is 14.1. The molecule has 0 fully saturated rings. The van der Waals surface area contributed by atoms with Crippen LogP contribution in [-0.4, -0.2) is 52.7 Å². The molecule has 0 saturated heterocycles. The van der Waals surface area contributed by atoms with Gasteiger partial charge in [-0.25, -0.2) is 4.79 Å². The molecule has 3 unspecified atom stereocenters. The Hall–Kier alpha value is -2.65. The number of carboxylic acids is 1. The molecule has 0 aromatic heterocycles. The van der Waals surface area contributed by atoms with Crippen LogP contribution < -0.4 is 22.1 Å². The molecular formula is C20H32N4O5. The zero-order valence-corrected chi connectivity index (χ0v) is 16.9. The molecule has 1 rings (SSSR count). The van der Waals surface area contributed by atoms with E-state index in [0.717, 1.165) is 5.56 Å². The predicted octanol–water partition coefficient (Wildman–Crippen LogP) is 0.101. The smallest absolute Gasteiger partial charge is 0.326 e. The summed E-state index contributed by atoms with van der Waals surface area (Å²) >= 11 is 0. The SMILES string of the molecule is CC(C)C(NC(=O)C(CCCCN)NC(=O)C(N)Cc1ccc(O)cc1)C(=O)O. The van der Waals surface area contributed by atoms with E-state index in [1.54, 1.807) is 26.0 Å². The minimum atomic E-state index is -1.13. The highest BCUT2D eigenvalue weighted by Crippen LogP contribution is 2.11. The van der Waals surface area contributed by atoms with E-state index in [1.165, 1.54) is 12.1 Å². The molecule has 0 aliphatic heterocycles. The monoisotopic (exact) mass is 408 g/mol. The highest BCUT2D eigenvalue weighted by molar-refractivity contribution is 5.91. The molecule has 0 saturated carbocycles. The number of amides is 2. The fourth-order valence-electron chi connectivity index (χ4n) is 2.79. The molecule has 9 heteroatoms. The van der Waals surface area contributed by atoms with Crippen molar-refractivity contribution in [2.24, 2.45) is 17.4 Å². The van der Waals surface area contributed by atoms with Gasteiger partial charge in [0, 0.05) is 0 Å². The molecule has 3 atom stereocenters. The van der Waals surface area contributed by atoms with Crippen molar-refractivity contribution in [2.45, 2.75) is 57.7 Å². The summed E-state index contributed by atoms with van der Waals surface area (Å²) in [4.78, 5) is 36.5. The van der Waals surface area contributed by atoms with Gasteiger partial charge in [-0.1, -0.05) is 26.0 Å². The van der Waals surface area contributed by atoms with Crippen LogP contribution in [-0.2, 0) is 20.8 Å². The van der Waals surface area contributed by atoms with Gasteiger partial charge in [-0.2, -0.15) is 0 Å². The molecule has 1 aromatic carbocycles. The first kappa shape index (κ1) is 24.4. The first-order valence-corrected chi connectivity index (χ1v) is 9.72. The predicted molar refractivity (Wildman–Crippen MR) is 109 cm³/mol. The fourth-order valence-corrected chi connectivity index (χ4v) is 2.79. The van der Waals surface area contributed by atoms with Crippen LogP contribution in [0.3, 0.4) is 0 Å². The average molecular weight is 408 g/mol. The Morgan fingerprint density at radius 3 is 2.17 bits per heavy atom. The first-order valence-electron chi connectivity index (χ1n) is 9.72. The number of carbonyl (C=O) groups is 3. The van der Waals surface area contributed by atoms with E-state index in [4.69, 9.17) is 11.5 Å². The Kier molecular flexibility index (Phi) is 10.1. The van der Waals surface area contributed by atoms with Crippen LogP contribution in [0.15, 0.2) is 24.3 Å². The Bertz CT molecular complexity index is 678. The molecule has 1 aromatic rings. The molecule has 29 heavy (non-hydrogen) atoms. The lowest BCUT2D eigenvalue weighted by molar-refractivity contribution is -0.143. The quantitative estimate of drug-likeness (QED) is 0.267. The number of unbranched alkanes of at least 4 members (excludes halogenated alkanes) is 1. The van der Waals surface area contributed by atoms with Crippen LogP contribution in [0.2, 0.25) is 0 Å². The fraction of sp³-hybridized carbons (Fsp3) is 0.550. The van der Waals surface area contributed by atoms with Crippen LogP contribution >= 0.6 is 0 Å². The third-order valence-corrected chi connectivity index (χ3v) is 4.54. The number of phenols is 1. The van der Waals surface area contributed by atoms with E-state index in [0.29, 0.717) is 25.8 Å². The number of nitrogens with two attached hydrogens (primary N) is 2. The summed E-state index contributed by atoms with van der Waals surface area (Å²) in [5.41, 5.74) is 12.2. The van der Waals surface area contributed by atoms with E-state index < -0.39 is 35.9 Å². The molecular weight excluding hydrogens is 376 g/mol. The van der Waals surface area contributed by atoms with E-state index in [2.05, 4.69) is 10.6 Å². The molecule has 0 aliphatic rings. The summed E-state index contributed by atoms with van der Waals surface area (Å²) < 4.78 is 0. The van der Waals surface area contributed by atoms with E-state index >= 15 is 0 Å². The van der Waals surface area contributed by atoms with Crippen LogP contribution in [0.5, 0.6) is 5.75 Å². The van der Waals surface area contributed by atoms with Crippen molar-refractivity contribution in [2.75, 3.05) is 6.54 Å². The van der Waals surface area contributed by atoms with Crippen molar-refractivity contribution in [1.29, 1.82) is 0 Å². The molecule has 0 spiro atoms. The van der Waals surface area contributed by atoms with Gasteiger partial charge in [0.1, 0.15) is 17.8 Å². The molecule has 0 aliphatic carbocycles. The summed E-state index contributed by atoms with van der Waals surface area (Å²) in [5.74, 6) is -2.41. The van der Waals surface area contributed by atoms with Crippen LogP contribution in [0.25, 0.3) is 0 Å². The summed E-state index contributed by atoms with van der Waals surface area (Å²) in [7, 11) is 0. The van der Waals surface area contributed by atoms with Gasteiger partial charge in [0.05, 0.1) is 6.04 Å². The maximum absolute atomic E-state index is 12.6. The number of rotatable bonds is 12. The van der Waals surface area contributed by atoms with E-state index in [9.17, 15) is 24.6 Å². The average Bonchev–Trinajstić information content (AvgIpc) is 2.66. The molecule has 0 radical (unpaired) electrons. The highest BCUT2D eigenvalue weighted by Gasteiger charge is 2.29. The van der Waals surface area contributed by atoms with E-state index in [-0.39, 0.29) is 18.1 Å². The second-order valence-corrected chi connectivity index (χ2v) is 7.39. The van der Waals surface area contributed by atoms with Gasteiger partial charge in [-0.05, 0) is 55.8 Å². The van der Waals surface area contributed by atoms with Crippen molar-refractivity contribution in [3.05, 3.63) is 29.8 Å². The molecule has 0 bridgehead atoms. The first-order chi connectivity index (χ1) is 13.6. The maximum Gasteiger partial charge on any atom is 0.326 e. The number of hydrogen-bond donors (Lipinski definition) is 6. The van der Waals surface area contributed by atoms with E-state index in [1.807, 2.05) is 0 Å². The van der Waals surface area contributed by atoms with Gasteiger partial charge in [0.15, 0.2) is 0 Å². The number of benzene rings is 1. The topological polar surface area (TPSA) is 168 Å². The van der Waals surface area contributed by atoms with Crippen LogP contribution in [0.1, 0.15) is 38.7 Å². The molecule has 8 N–H and O–H groups in total. The zero-order valence-electron chi connectivity index (χ0n) is 16.9. The van der Waals surface area contributed by atoms with Crippen LogP contribution in [0.4, 0.5) is 0 Å². The number of carboxylic acid groups (broad SMARTS) is 1. The Labute approximate surface area is 170 Å². The Balaban J connectivity index is 2.79. The van der Waals surface area contributed by atoms with Gasteiger partial charge >= 0.3 is 5.97 Å². The van der Waals surface area contributed by atoms with Gasteiger partial charge in [0.25, 0.3) is 0 Å². The van der Waals surface area contributed by atoms with Gasteiger partial charge < -0.3 is 32.3 Å². The molecule has 0 heterocycles. The minimum Gasteiger partial charge on any atom is -0.508 e. The number of aliphatic carboxylic acids is 1. The summed E-state index contributed by atoms with van der Waals surface area (Å²) in [5, 5.41) is 23.7. The number of nitrogens with one attached hydrogen (secondary N) is 2. The van der Waals surface area contributed by atoms with Crippen molar-refractivity contribution >= 4 is 17.8 Å². The van der Waals surface area contributed by atoms with Crippen LogP contribution in [0, 0.1) is 5.92 Å². The largest absolute Gasteiger partial charge is 0.508 e. The maximum atomic E-state index is 12.6. The summed E-state index contributed by atoms with van der Waals surface area (Å²) in [6, 6.07) is 3.47. The lowest BCUT2D eigenvalue weighted by atomic mass is 10.0. The second-order valence-electron chi connectivity index (χ2n) is 7.39. The summed E-state index contributed by atoms with van der Waals surface area (Å²) in [6.07, 6.45) is 1.82. The Morgan fingerprint density at radius 1 is 1.03 bits per heavy atom. The second kappa shape index (κ2) is 12.0. The number of aromatic hydroxyl groups is 1. The Morgan fingerprint density at radius 2 is 1.66 bits per heavy atom. The van der Waals surface area contributed by atoms with Gasteiger partial charge in [0.2, 0.25) is 11.8 Å². The van der Waals surface area contributed by atoms with Crippen molar-refractivity contribution in [3.63, 3.8) is 0 Å². The standard InChI is InChI=1S/C20H32N4O5/c1-12(2)17(20(28)29)24-19(27)16(5-3-4-10-21)23-18(26)15(22)11-13-6-8-14(25)9-7-13/h6-9,12,15-17,25H,3-5,10-11,21-22H2,1-2H3,(H,23,26)(H,24,27)(H,28,29). The number of carbonyl (C=O) groups excluding carboxylic acids is 2. The molecule has 9 nitrogen and oxygen atoms in total. The van der Waals surface area contributed by atoms with Crippen molar-refractivity contribution < 1.29 is 24.6 Å². The third kappa shape index (κ3) is 8.49. The van der Waals surface area contributed by atoms with Crippen molar-refractivity contribution in [1.82, 2.24) is 10.6 Å². The number of phenolic OH excluding ortho intramolecular Hbond substituents is 1. The van der Waals surface area contributed by atoms with Gasteiger partial charge in [-0.3, -0.25) is 9.59 Å².